The smallest absolute Gasteiger partial charge is 0.268 e. The van der Waals surface area contributed by atoms with Gasteiger partial charge in [-0.1, -0.05) is 6.92 Å². The number of rotatable bonds is 4. The summed E-state index contributed by atoms with van der Waals surface area (Å²) in [4.78, 5) is 10.3. The second-order valence-electron chi connectivity index (χ2n) is 4.18. The molecule has 0 aromatic rings. The van der Waals surface area contributed by atoms with Crippen molar-refractivity contribution in [3.05, 3.63) is 10.1 Å². The highest BCUT2D eigenvalue weighted by Crippen LogP contribution is 2.26. The Kier molecular flexibility index (Phi) is 4.48. The molecule has 2 N–H and O–H groups in total. The van der Waals surface area contributed by atoms with Crippen LogP contribution in [-0.4, -0.2) is 37.3 Å². The van der Waals surface area contributed by atoms with Crippen molar-refractivity contribution in [3.63, 3.8) is 0 Å². The maximum Gasteiger partial charge on any atom is 0.268 e. The molecule has 0 aliphatic carbocycles. The molecule has 1 unspecified atom stereocenters. The van der Waals surface area contributed by atoms with Crippen LogP contribution in [0.4, 0.5) is 0 Å². The van der Waals surface area contributed by atoms with Gasteiger partial charge in [-0.15, -0.1) is 0 Å². The molecule has 0 aromatic heterocycles. The monoisotopic (exact) mass is 230 g/mol. The van der Waals surface area contributed by atoms with E-state index in [0.717, 1.165) is 13.0 Å². The highest BCUT2D eigenvalue weighted by Gasteiger charge is 2.29. The Balaban J connectivity index is 2.46. The molecular weight excluding hydrogens is 212 g/mol. The summed E-state index contributed by atoms with van der Waals surface area (Å²) in [6, 6.07) is 0. The predicted octanol–water partition coefficient (Wildman–Crippen LogP) is 0.160. The standard InChI is InChI=1S/C9H18N4O3/c1-3-10-8(12-13(14)15)11-6-9(2)4-5-16-7-9/h3-7H2,1-2H3,(H2,10,11,12). The van der Waals surface area contributed by atoms with Crippen molar-refractivity contribution in [1.29, 1.82) is 0 Å². The lowest BCUT2D eigenvalue weighted by molar-refractivity contribution is -0.485. The molecule has 7 nitrogen and oxygen atoms in total. The van der Waals surface area contributed by atoms with Crippen molar-refractivity contribution in [2.45, 2.75) is 20.3 Å². The lowest BCUT2D eigenvalue weighted by Crippen LogP contribution is -2.43. The molecule has 1 heterocycles. The Labute approximate surface area is 94.4 Å². The van der Waals surface area contributed by atoms with Gasteiger partial charge in [0.05, 0.1) is 6.61 Å². The van der Waals surface area contributed by atoms with Gasteiger partial charge in [0.15, 0.2) is 5.03 Å². The quantitative estimate of drug-likeness (QED) is 0.311. The molecular formula is C9H18N4O3. The minimum atomic E-state index is -0.710. The third-order valence-corrected chi connectivity index (χ3v) is 2.51. The summed E-state index contributed by atoms with van der Waals surface area (Å²) >= 11 is 0. The molecule has 0 saturated carbocycles. The molecule has 1 atom stereocenters. The first-order valence-corrected chi connectivity index (χ1v) is 5.34. The molecule has 16 heavy (non-hydrogen) atoms. The van der Waals surface area contributed by atoms with Crippen LogP contribution >= 0.6 is 0 Å². The maximum atomic E-state index is 10.3. The van der Waals surface area contributed by atoms with Crippen LogP contribution in [0.15, 0.2) is 5.10 Å². The minimum absolute atomic E-state index is 0.0345. The first-order chi connectivity index (χ1) is 7.56. The van der Waals surface area contributed by atoms with Crippen LogP contribution in [-0.2, 0) is 4.74 Å². The summed E-state index contributed by atoms with van der Waals surface area (Å²) in [5.74, 6) is 0.209. The largest absolute Gasteiger partial charge is 0.381 e. The van der Waals surface area contributed by atoms with Gasteiger partial charge in [0.25, 0.3) is 5.96 Å². The Morgan fingerprint density at radius 2 is 2.38 bits per heavy atom. The Bertz CT molecular complexity index is 274. The SMILES string of the molecule is CCN/C(=N\[N+](=O)[O-])NCC1(C)CCOC1. The minimum Gasteiger partial charge on any atom is -0.381 e. The van der Waals surface area contributed by atoms with Crippen LogP contribution in [0, 0.1) is 15.5 Å². The van der Waals surface area contributed by atoms with E-state index >= 15 is 0 Å². The number of nitrogens with zero attached hydrogens (tertiary/aromatic N) is 2. The third-order valence-electron chi connectivity index (χ3n) is 2.51. The van der Waals surface area contributed by atoms with E-state index in [4.69, 9.17) is 4.74 Å². The topological polar surface area (TPSA) is 88.8 Å². The fourth-order valence-corrected chi connectivity index (χ4v) is 1.53. The van der Waals surface area contributed by atoms with Crippen LogP contribution < -0.4 is 10.6 Å². The van der Waals surface area contributed by atoms with Crippen molar-refractivity contribution < 1.29 is 9.77 Å². The number of nitro groups is 1. The van der Waals surface area contributed by atoms with Gasteiger partial charge in [0.1, 0.15) is 5.10 Å². The zero-order valence-electron chi connectivity index (χ0n) is 9.65. The number of hydrazone groups is 1. The van der Waals surface area contributed by atoms with Crippen molar-refractivity contribution >= 4 is 5.96 Å². The molecule has 0 radical (unpaired) electrons. The van der Waals surface area contributed by atoms with Crippen LogP contribution in [0.1, 0.15) is 20.3 Å². The van der Waals surface area contributed by atoms with Gasteiger partial charge >= 0.3 is 0 Å². The second-order valence-corrected chi connectivity index (χ2v) is 4.18. The molecule has 1 aliphatic rings. The molecule has 0 bridgehead atoms. The zero-order valence-corrected chi connectivity index (χ0v) is 9.65. The lowest BCUT2D eigenvalue weighted by atomic mass is 9.90. The lowest BCUT2D eigenvalue weighted by Gasteiger charge is -2.22. The number of ether oxygens (including phenoxy) is 1. The molecule has 1 rings (SSSR count). The summed E-state index contributed by atoms with van der Waals surface area (Å²) < 4.78 is 5.30. The van der Waals surface area contributed by atoms with E-state index < -0.39 is 5.03 Å². The number of guanidine groups is 1. The van der Waals surface area contributed by atoms with Gasteiger partial charge in [0.2, 0.25) is 0 Å². The van der Waals surface area contributed by atoms with E-state index in [1.807, 2.05) is 6.92 Å². The average molecular weight is 230 g/mol. The van der Waals surface area contributed by atoms with Gasteiger partial charge in [-0.2, -0.15) is 0 Å². The van der Waals surface area contributed by atoms with Crippen molar-refractivity contribution in [1.82, 2.24) is 10.6 Å². The van der Waals surface area contributed by atoms with Crippen molar-refractivity contribution in [3.8, 4) is 0 Å². The van der Waals surface area contributed by atoms with Crippen molar-refractivity contribution in [2.24, 2.45) is 10.5 Å². The molecule has 7 heteroatoms. The summed E-state index contributed by atoms with van der Waals surface area (Å²) in [5.41, 5.74) is 0.0345. The van der Waals surface area contributed by atoms with Gasteiger partial charge < -0.3 is 15.4 Å². The fourth-order valence-electron chi connectivity index (χ4n) is 1.53. The normalized spacial score (nSPS) is 25.5. The Hall–Kier alpha value is -1.37. The third kappa shape index (κ3) is 4.01. The zero-order chi connectivity index (χ0) is 12.0. The van der Waals surface area contributed by atoms with E-state index in [1.165, 1.54) is 0 Å². The second kappa shape index (κ2) is 5.64. The fraction of sp³-hybridized carbons (Fsp3) is 0.889. The maximum absolute atomic E-state index is 10.3. The van der Waals surface area contributed by atoms with Gasteiger partial charge in [0, 0.05) is 25.1 Å². The number of nitrogens with one attached hydrogen (secondary N) is 2. The highest BCUT2D eigenvalue weighted by molar-refractivity contribution is 5.79. The van der Waals surface area contributed by atoms with Crippen LogP contribution in [0.2, 0.25) is 0 Å². The van der Waals surface area contributed by atoms with E-state index in [0.29, 0.717) is 19.7 Å². The van der Waals surface area contributed by atoms with E-state index in [9.17, 15) is 10.1 Å². The summed E-state index contributed by atoms with van der Waals surface area (Å²) in [6.07, 6.45) is 0.956. The number of hydrogen-bond donors (Lipinski definition) is 2. The molecule has 0 spiro atoms. The van der Waals surface area contributed by atoms with E-state index in [2.05, 4.69) is 22.7 Å². The first kappa shape index (κ1) is 12.7. The predicted molar refractivity (Wildman–Crippen MR) is 59.7 cm³/mol. The average Bonchev–Trinajstić information content (AvgIpc) is 2.62. The van der Waals surface area contributed by atoms with E-state index in [1.54, 1.807) is 0 Å². The van der Waals surface area contributed by atoms with Crippen molar-refractivity contribution in [2.75, 3.05) is 26.3 Å². The van der Waals surface area contributed by atoms with Gasteiger partial charge in [-0.3, -0.25) is 0 Å². The van der Waals surface area contributed by atoms with Gasteiger partial charge in [-0.25, -0.2) is 10.1 Å². The summed E-state index contributed by atoms with van der Waals surface area (Å²) in [5, 5.41) is 18.6. The molecule has 92 valence electrons. The van der Waals surface area contributed by atoms with E-state index in [-0.39, 0.29) is 11.4 Å². The first-order valence-electron chi connectivity index (χ1n) is 5.34. The van der Waals surface area contributed by atoms with Gasteiger partial charge in [-0.05, 0) is 13.3 Å². The highest BCUT2D eigenvalue weighted by atomic mass is 16.7. The molecule has 1 saturated heterocycles. The van der Waals surface area contributed by atoms with Crippen LogP contribution in [0.5, 0.6) is 0 Å². The van der Waals surface area contributed by atoms with Crippen LogP contribution in [0.3, 0.4) is 0 Å². The molecule has 1 aliphatic heterocycles. The molecule has 1 fully saturated rings. The molecule has 0 amide bonds. The molecule has 0 aromatic carbocycles. The Morgan fingerprint density at radius 3 is 2.88 bits per heavy atom. The summed E-state index contributed by atoms with van der Waals surface area (Å²) in [6.45, 7) is 6.58. The summed E-state index contributed by atoms with van der Waals surface area (Å²) in [7, 11) is 0. The Morgan fingerprint density at radius 1 is 1.62 bits per heavy atom. The number of hydrogen-bond acceptors (Lipinski definition) is 3. The van der Waals surface area contributed by atoms with Crippen LogP contribution in [0.25, 0.3) is 0 Å².